The van der Waals surface area contributed by atoms with Crippen molar-refractivity contribution in [2.45, 2.75) is 33.6 Å². The molecule has 1 aromatic carbocycles. The Morgan fingerprint density at radius 2 is 2.00 bits per heavy atom. The van der Waals surface area contributed by atoms with E-state index >= 15 is 0 Å². The molecule has 0 fully saturated rings. The topological polar surface area (TPSA) is 32.9 Å². The smallest absolute Gasteiger partial charge is 0.165 e. The van der Waals surface area contributed by atoms with Crippen molar-refractivity contribution in [3.05, 3.63) is 35.0 Å². The van der Waals surface area contributed by atoms with Gasteiger partial charge in [0.25, 0.3) is 0 Å². The molecule has 0 saturated carbocycles. The molecule has 2 heteroatoms. The number of carbonyl (C=O) groups excluding carboxylic acids is 1. The molecule has 2 nitrogen and oxygen atoms in total. The standard InChI is InChI=1S/C15H17NO/c1-9-4-5-11-10(6-9)14-12(16-11)7-15(2,3)8-13(14)17/h4-6,16H,7-8H2,1-3H3. The van der Waals surface area contributed by atoms with Gasteiger partial charge in [-0.15, -0.1) is 0 Å². The second-order valence-corrected chi connectivity index (χ2v) is 5.97. The number of aromatic amines is 1. The number of carbonyl (C=O) groups is 1. The Morgan fingerprint density at radius 3 is 2.76 bits per heavy atom. The predicted octanol–water partition coefficient (Wildman–Crippen LogP) is 3.63. The van der Waals surface area contributed by atoms with E-state index in [1.807, 2.05) is 0 Å². The van der Waals surface area contributed by atoms with Crippen LogP contribution in [0.2, 0.25) is 0 Å². The number of aryl methyl sites for hydroxylation is 1. The van der Waals surface area contributed by atoms with Gasteiger partial charge in [-0.1, -0.05) is 25.5 Å². The van der Waals surface area contributed by atoms with Crippen LogP contribution in [0, 0.1) is 12.3 Å². The number of ketones is 1. The Bertz CT molecular complexity index is 619. The van der Waals surface area contributed by atoms with Gasteiger partial charge < -0.3 is 4.98 Å². The van der Waals surface area contributed by atoms with E-state index in [2.05, 4.69) is 44.0 Å². The largest absolute Gasteiger partial charge is 0.358 e. The SMILES string of the molecule is Cc1ccc2[nH]c3c(c2c1)C(=O)CC(C)(C)C3. The van der Waals surface area contributed by atoms with Crippen LogP contribution in [0.3, 0.4) is 0 Å². The van der Waals surface area contributed by atoms with Crippen LogP contribution >= 0.6 is 0 Å². The molecule has 0 atom stereocenters. The molecule has 0 saturated heterocycles. The van der Waals surface area contributed by atoms with E-state index in [9.17, 15) is 4.79 Å². The number of Topliss-reactive ketones (excluding diaryl/α,β-unsaturated/α-hetero) is 1. The van der Waals surface area contributed by atoms with Gasteiger partial charge in [-0.25, -0.2) is 0 Å². The molecular formula is C15H17NO. The summed E-state index contributed by atoms with van der Waals surface area (Å²) in [5.41, 5.74) is 4.43. The number of rotatable bonds is 0. The van der Waals surface area contributed by atoms with Crippen molar-refractivity contribution < 1.29 is 4.79 Å². The van der Waals surface area contributed by atoms with Crippen molar-refractivity contribution in [1.29, 1.82) is 0 Å². The summed E-state index contributed by atoms with van der Waals surface area (Å²) in [7, 11) is 0. The van der Waals surface area contributed by atoms with Crippen LogP contribution in [0.4, 0.5) is 0 Å². The molecule has 17 heavy (non-hydrogen) atoms. The third kappa shape index (κ3) is 1.59. The molecule has 0 bridgehead atoms. The van der Waals surface area contributed by atoms with Crippen LogP contribution in [-0.2, 0) is 6.42 Å². The van der Waals surface area contributed by atoms with Gasteiger partial charge in [0.15, 0.2) is 5.78 Å². The van der Waals surface area contributed by atoms with E-state index < -0.39 is 0 Å². The monoisotopic (exact) mass is 227 g/mol. The van der Waals surface area contributed by atoms with Crippen LogP contribution in [0.5, 0.6) is 0 Å². The first-order valence-corrected chi connectivity index (χ1v) is 6.11. The molecule has 0 aliphatic heterocycles. The van der Waals surface area contributed by atoms with E-state index in [1.54, 1.807) is 0 Å². The lowest BCUT2D eigenvalue weighted by Crippen LogP contribution is -2.26. The maximum Gasteiger partial charge on any atom is 0.165 e. The Morgan fingerprint density at radius 1 is 1.24 bits per heavy atom. The van der Waals surface area contributed by atoms with E-state index in [4.69, 9.17) is 0 Å². The van der Waals surface area contributed by atoms with Gasteiger partial charge in [0.05, 0.1) is 0 Å². The van der Waals surface area contributed by atoms with Crippen molar-refractivity contribution in [3.8, 4) is 0 Å². The van der Waals surface area contributed by atoms with E-state index in [0.29, 0.717) is 6.42 Å². The first-order valence-electron chi connectivity index (χ1n) is 6.11. The molecule has 2 aromatic rings. The van der Waals surface area contributed by atoms with Crippen molar-refractivity contribution in [1.82, 2.24) is 4.98 Å². The summed E-state index contributed by atoms with van der Waals surface area (Å²) in [6, 6.07) is 6.27. The highest BCUT2D eigenvalue weighted by Gasteiger charge is 2.33. The minimum atomic E-state index is 0.0833. The van der Waals surface area contributed by atoms with Crippen LogP contribution < -0.4 is 0 Å². The normalized spacial score (nSPS) is 18.4. The number of hydrogen-bond acceptors (Lipinski definition) is 1. The van der Waals surface area contributed by atoms with Gasteiger partial charge in [0.2, 0.25) is 0 Å². The average molecular weight is 227 g/mol. The minimum Gasteiger partial charge on any atom is -0.358 e. The molecule has 3 rings (SSSR count). The molecular weight excluding hydrogens is 210 g/mol. The molecule has 0 spiro atoms. The lowest BCUT2D eigenvalue weighted by atomic mass is 9.76. The summed E-state index contributed by atoms with van der Waals surface area (Å²) in [6.45, 7) is 6.38. The molecule has 0 radical (unpaired) electrons. The van der Waals surface area contributed by atoms with Crippen molar-refractivity contribution in [2.24, 2.45) is 5.41 Å². The van der Waals surface area contributed by atoms with Crippen LogP contribution in [-0.4, -0.2) is 10.8 Å². The van der Waals surface area contributed by atoms with Gasteiger partial charge in [-0.3, -0.25) is 4.79 Å². The second-order valence-electron chi connectivity index (χ2n) is 5.97. The highest BCUT2D eigenvalue weighted by molar-refractivity contribution is 6.10. The average Bonchev–Trinajstić information content (AvgIpc) is 2.52. The number of benzene rings is 1. The highest BCUT2D eigenvalue weighted by atomic mass is 16.1. The molecule has 1 aromatic heterocycles. The van der Waals surface area contributed by atoms with Gasteiger partial charge in [-0.2, -0.15) is 0 Å². The lowest BCUT2D eigenvalue weighted by Gasteiger charge is -2.28. The summed E-state index contributed by atoms with van der Waals surface area (Å²) in [4.78, 5) is 15.7. The third-order valence-electron chi connectivity index (χ3n) is 3.61. The van der Waals surface area contributed by atoms with Crippen molar-refractivity contribution in [2.75, 3.05) is 0 Å². The number of nitrogens with one attached hydrogen (secondary N) is 1. The molecule has 88 valence electrons. The Kier molecular flexibility index (Phi) is 2.00. The summed E-state index contributed by atoms with van der Waals surface area (Å²) in [6.07, 6.45) is 1.61. The van der Waals surface area contributed by atoms with Gasteiger partial charge in [0, 0.05) is 28.6 Å². The molecule has 1 aliphatic carbocycles. The van der Waals surface area contributed by atoms with E-state index in [-0.39, 0.29) is 11.2 Å². The number of aromatic nitrogens is 1. The molecule has 1 heterocycles. The van der Waals surface area contributed by atoms with Crippen LogP contribution in [0.25, 0.3) is 10.9 Å². The summed E-state index contributed by atoms with van der Waals surface area (Å²) in [5, 5.41) is 1.10. The summed E-state index contributed by atoms with van der Waals surface area (Å²) < 4.78 is 0. The summed E-state index contributed by atoms with van der Waals surface area (Å²) >= 11 is 0. The fourth-order valence-electron chi connectivity index (χ4n) is 2.88. The zero-order valence-corrected chi connectivity index (χ0v) is 10.6. The first kappa shape index (κ1) is 10.6. The quantitative estimate of drug-likeness (QED) is 0.732. The van der Waals surface area contributed by atoms with Gasteiger partial charge in [-0.05, 0) is 30.9 Å². The zero-order chi connectivity index (χ0) is 12.2. The first-order chi connectivity index (χ1) is 7.96. The fourth-order valence-corrected chi connectivity index (χ4v) is 2.88. The molecule has 1 N–H and O–H groups in total. The molecule has 0 amide bonds. The lowest BCUT2D eigenvalue weighted by molar-refractivity contribution is 0.0913. The Balaban J connectivity index is 2.29. The van der Waals surface area contributed by atoms with Crippen molar-refractivity contribution in [3.63, 3.8) is 0 Å². The predicted molar refractivity (Wildman–Crippen MR) is 69.5 cm³/mol. The maximum atomic E-state index is 12.3. The van der Waals surface area contributed by atoms with Gasteiger partial charge >= 0.3 is 0 Å². The van der Waals surface area contributed by atoms with Gasteiger partial charge in [0.1, 0.15) is 0 Å². The Hall–Kier alpha value is -1.57. The second kappa shape index (κ2) is 3.22. The maximum absolute atomic E-state index is 12.3. The van der Waals surface area contributed by atoms with E-state index in [1.165, 1.54) is 5.56 Å². The molecule has 0 unspecified atom stereocenters. The third-order valence-corrected chi connectivity index (χ3v) is 3.61. The molecule has 1 aliphatic rings. The van der Waals surface area contributed by atoms with E-state index in [0.717, 1.165) is 28.6 Å². The van der Waals surface area contributed by atoms with Crippen LogP contribution in [0.1, 0.15) is 41.9 Å². The fraction of sp³-hybridized carbons (Fsp3) is 0.400. The number of hydrogen-bond donors (Lipinski definition) is 1. The zero-order valence-electron chi connectivity index (χ0n) is 10.6. The van der Waals surface area contributed by atoms with Crippen LogP contribution in [0.15, 0.2) is 18.2 Å². The summed E-state index contributed by atoms with van der Waals surface area (Å²) in [5.74, 6) is 0.285. The van der Waals surface area contributed by atoms with Crippen molar-refractivity contribution >= 4 is 16.7 Å². The minimum absolute atomic E-state index is 0.0833. The number of fused-ring (bicyclic) bond motifs is 3. The number of H-pyrrole nitrogens is 1. The highest BCUT2D eigenvalue weighted by Crippen LogP contribution is 2.37. The Labute approximate surface area is 101 Å².